The van der Waals surface area contributed by atoms with Gasteiger partial charge in [-0.25, -0.2) is 0 Å². The fourth-order valence-electron chi connectivity index (χ4n) is 2.53. The Kier molecular flexibility index (Phi) is 4.63. The molecule has 0 spiro atoms. The van der Waals surface area contributed by atoms with Crippen molar-refractivity contribution >= 4 is 19.7 Å². The predicted molar refractivity (Wildman–Crippen MR) is 92.2 cm³/mol. The van der Waals surface area contributed by atoms with Crippen LogP contribution in [-0.2, 0) is 4.43 Å². The zero-order valence-electron chi connectivity index (χ0n) is 14.0. The second kappa shape index (κ2) is 5.97. The maximum atomic E-state index is 6.58. The van der Waals surface area contributed by atoms with E-state index in [1.165, 1.54) is 0 Å². The van der Waals surface area contributed by atoms with Crippen LogP contribution in [0.1, 0.15) is 33.6 Å². The monoisotopic (exact) mass is 307 g/mol. The zero-order chi connectivity index (χ0) is 15.7. The summed E-state index contributed by atoms with van der Waals surface area (Å²) in [6, 6.07) is 2.00. The SMILES string of the molecule is CC(C)(C)[Si](C)(C)O[C@H]1CCCN(c2ccncc2N)C1. The molecule has 0 unspecified atom stereocenters. The van der Waals surface area contributed by atoms with Gasteiger partial charge in [-0.1, -0.05) is 20.8 Å². The number of anilines is 2. The average Bonchev–Trinajstić information content (AvgIpc) is 2.37. The molecule has 1 saturated heterocycles. The molecule has 1 fully saturated rings. The van der Waals surface area contributed by atoms with E-state index in [1.54, 1.807) is 6.20 Å². The van der Waals surface area contributed by atoms with Crippen LogP contribution in [0.15, 0.2) is 18.5 Å². The Hall–Kier alpha value is -1.07. The number of nitrogens with zero attached hydrogens (tertiary/aromatic N) is 2. The molecule has 2 heterocycles. The highest BCUT2D eigenvalue weighted by Crippen LogP contribution is 2.38. The molecule has 0 amide bonds. The van der Waals surface area contributed by atoms with Crippen molar-refractivity contribution in [3.63, 3.8) is 0 Å². The molecular weight excluding hydrogens is 278 g/mol. The van der Waals surface area contributed by atoms with Gasteiger partial charge < -0.3 is 15.1 Å². The third-order valence-corrected chi connectivity index (χ3v) is 9.35. The van der Waals surface area contributed by atoms with Gasteiger partial charge in [0.15, 0.2) is 8.32 Å². The standard InChI is InChI=1S/C16H29N3OSi/c1-16(2,3)21(4,5)20-13-7-6-10-19(12-13)15-8-9-18-11-14(15)17/h8-9,11,13H,6-7,10,12,17H2,1-5H3/t13-/m0/s1. The van der Waals surface area contributed by atoms with E-state index in [1.807, 2.05) is 12.3 Å². The summed E-state index contributed by atoms with van der Waals surface area (Å²) in [6.07, 6.45) is 6.15. The molecule has 1 aliphatic heterocycles. The summed E-state index contributed by atoms with van der Waals surface area (Å²) in [4.78, 5) is 6.42. The molecule has 118 valence electrons. The molecule has 0 aromatic carbocycles. The molecule has 0 bridgehead atoms. The Morgan fingerprint density at radius 2 is 2.10 bits per heavy atom. The Labute approximate surface area is 129 Å². The smallest absolute Gasteiger partial charge is 0.192 e. The Balaban J connectivity index is 2.07. The van der Waals surface area contributed by atoms with Crippen LogP contribution >= 0.6 is 0 Å². The van der Waals surface area contributed by atoms with E-state index in [0.717, 1.165) is 37.3 Å². The Morgan fingerprint density at radius 3 is 2.71 bits per heavy atom. The highest BCUT2D eigenvalue weighted by molar-refractivity contribution is 6.74. The second-order valence-electron chi connectivity index (χ2n) is 7.52. The molecule has 5 heteroatoms. The summed E-state index contributed by atoms with van der Waals surface area (Å²) in [6.45, 7) is 13.5. The van der Waals surface area contributed by atoms with Gasteiger partial charge in [0.1, 0.15) is 0 Å². The lowest BCUT2D eigenvalue weighted by Crippen LogP contribution is -2.49. The Morgan fingerprint density at radius 1 is 1.38 bits per heavy atom. The van der Waals surface area contributed by atoms with E-state index < -0.39 is 8.32 Å². The zero-order valence-corrected chi connectivity index (χ0v) is 15.0. The molecule has 21 heavy (non-hydrogen) atoms. The van der Waals surface area contributed by atoms with Crippen LogP contribution in [0.25, 0.3) is 0 Å². The van der Waals surface area contributed by atoms with Crippen molar-refractivity contribution in [2.24, 2.45) is 0 Å². The molecule has 0 saturated carbocycles. The van der Waals surface area contributed by atoms with Crippen LogP contribution in [0.3, 0.4) is 0 Å². The molecular formula is C16H29N3OSi. The molecule has 0 radical (unpaired) electrons. The minimum atomic E-state index is -1.71. The summed E-state index contributed by atoms with van der Waals surface area (Å²) in [5, 5.41) is 0.255. The van der Waals surface area contributed by atoms with Gasteiger partial charge in [-0.15, -0.1) is 0 Å². The van der Waals surface area contributed by atoms with Gasteiger partial charge in [-0.2, -0.15) is 0 Å². The van der Waals surface area contributed by atoms with E-state index in [9.17, 15) is 0 Å². The summed E-state index contributed by atoms with van der Waals surface area (Å²) in [5.74, 6) is 0. The summed E-state index contributed by atoms with van der Waals surface area (Å²) >= 11 is 0. The first-order valence-electron chi connectivity index (χ1n) is 7.83. The van der Waals surface area contributed by atoms with E-state index in [-0.39, 0.29) is 5.04 Å². The number of aromatic nitrogens is 1. The normalized spacial score (nSPS) is 20.6. The fourth-order valence-corrected chi connectivity index (χ4v) is 3.91. The average molecular weight is 308 g/mol. The van der Waals surface area contributed by atoms with Crippen molar-refractivity contribution in [1.29, 1.82) is 0 Å². The first-order valence-corrected chi connectivity index (χ1v) is 10.7. The maximum Gasteiger partial charge on any atom is 0.192 e. The first-order chi connectivity index (χ1) is 9.71. The molecule has 1 aromatic heterocycles. The predicted octanol–water partition coefficient (Wildman–Crippen LogP) is 3.65. The summed E-state index contributed by atoms with van der Waals surface area (Å²) < 4.78 is 6.58. The van der Waals surface area contributed by atoms with Crippen LogP contribution < -0.4 is 10.6 Å². The van der Waals surface area contributed by atoms with E-state index >= 15 is 0 Å². The van der Waals surface area contributed by atoms with E-state index in [2.05, 4.69) is 43.7 Å². The number of nitrogens with two attached hydrogens (primary N) is 1. The third-order valence-electron chi connectivity index (χ3n) is 4.81. The topological polar surface area (TPSA) is 51.4 Å². The number of pyridine rings is 1. The van der Waals surface area contributed by atoms with Gasteiger partial charge in [0.25, 0.3) is 0 Å². The number of rotatable bonds is 3. The number of piperidine rings is 1. The summed E-state index contributed by atoms with van der Waals surface area (Å²) in [7, 11) is -1.71. The fraction of sp³-hybridized carbons (Fsp3) is 0.688. The van der Waals surface area contributed by atoms with Gasteiger partial charge in [0.05, 0.1) is 23.7 Å². The molecule has 2 N–H and O–H groups in total. The van der Waals surface area contributed by atoms with Crippen LogP contribution in [0.5, 0.6) is 0 Å². The van der Waals surface area contributed by atoms with Gasteiger partial charge in [0, 0.05) is 19.3 Å². The van der Waals surface area contributed by atoms with Crippen LogP contribution in [0, 0.1) is 0 Å². The van der Waals surface area contributed by atoms with Crippen LogP contribution in [0.2, 0.25) is 18.1 Å². The minimum absolute atomic E-state index is 0.255. The van der Waals surface area contributed by atoms with Crippen LogP contribution in [0.4, 0.5) is 11.4 Å². The molecule has 2 rings (SSSR count). The first kappa shape index (κ1) is 16.3. The van der Waals surface area contributed by atoms with Crippen molar-refractivity contribution in [2.45, 2.75) is 57.8 Å². The van der Waals surface area contributed by atoms with Gasteiger partial charge in [-0.3, -0.25) is 4.98 Å². The molecule has 1 aromatic rings. The van der Waals surface area contributed by atoms with Crippen LogP contribution in [-0.4, -0.2) is 32.5 Å². The number of hydrogen-bond donors (Lipinski definition) is 1. The van der Waals surface area contributed by atoms with E-state index in [4.69, 9.17) is 10.2 Å². The molecule has 1 atom stereocenters. The third kappa shape index (κ3) is 3.77. The lowest BCUT2D eigenvalue weighted by molar-refractivity contribution is 0.160. The van der Waals surface area contributed by atoms with E-state index in [0.29, 0.717) is 6.10 Å². The van der Waals surface area contributed by atoms with Crippen molar-refractivity contribution < 1.29 is 4.43 Å². The molecule has 1 aliphatic rings. The Bertz CT molecular complexity index is 485. The highest BCUT2D eigenvalue weighted by atomic mass is 28.4. The van der Waals surface area contributed by atoms with Crippen molar-refractivity contribution in [2.75, 3.05) is 23.7 Å². The lowest BCUT2D eigenvalue weighted by atomic mass is 10.1. The number of nitrogen functional groups attached to an aromatic ring is 1. The van der Waals surface area contributed by atoms with Gasteiger partial charge in [0.2, 0.25) is 0 Å². The highest BCUT2D eigenvalue weighted by Gasteiger charge is 2.40. The van der Waals surface area contributed by atoms with Crippen molar-refractivity contribution in [1.82, 2.24) is 4.98 Å². The van der Waals surface area contributed by atoms with Gasteiger partial charge in [-0.05, 0) is 37.0 Å². The maximum absolute atomic E-state index is 6.58. The largest absolute Gasteiger partial charge is 0.412 e. The van der Waals surface area contributed by atoms with Gasteiger partial charge >= 0.3 is 0 Å². The lowest BCUT2D eigenvalue weighted by Gasteiger charge is -2.43. The minimum Gasteiger partial charge on any atom is -0.412 e. The number of hydrogen-bond acceptors (Lipinski definition) is 4. The summed E-state index contributed by atoms with van der Waals surface area (Å²) in [5.41, 5.74) is 7.90. The van der Waals surface area contributed by atoms with Crippen molar-refractivity contribution in [3.05, 3.63) is 18.5 Å². The second-order valence-corrected chi connectivity index (χ2v) is 12.3. The van der Waals surface area contributed by atoms with Crippen molar-refractivity contribution in [3.8, 4) is 0 Å². The quantitative estimate of drug-likeness (QED) is 0.866. The molecule has 4 nitrogen and oxygen atoms in total. The molecule has 0 aliphatic carbocycles.